The number of nitrogens with one attached hydrogen (secondary N) is 1. The van der Waals surface area contributed by atoms with Crippen LogP contribution in [0.15, 0.2) is 35.2 Å². The lowest BCUT2D eigenvalue weighted by Crippen LogP contribution is -2.66. The molecule has 5 atom stereocenters. The Labute approximate surface area is 198 Å². The van der Waals surface area contributed by atoms with Crippen molar-refractivity contribution in [3.63, 3.8) is 0 Å². The van der Waals surface area contributed by atoms with Gasteiger partial charge in [0.15, 0.2) is 6.29 Å². The first-order valence-corrected chi connectivity index (χ1v) is 16.2. The molecule has 1 saturated heterocycles. The minimum atomic E-state index is -4.34. The molecule has 0 saturated carbocycles. The highest BCUT2D eigenvalue weighted by atomic mass is 32.2. The van der Waals surface area contributed by atoms with Crippen LogP contribution in [-0.4, -0.2) is 96.8 Å². The minimum Gasteiger partial charge on any atom is -0.354 e. The number of sulfonamides is 1. The van der Waals surface area contributed by atoms with Gasteiger partial charge in [0, 0.05) is 7.11 Å². The zero-order valence-electron chi connectivity index (χ0n) is 18.4. The largest absolute Gasteiger partial charge is 0.354 e. The molecule has 14 nitrogen and oxygen atoms in total. The fraction of sp³-hybridized carbons (Fsp3) is 0.625. The quantitative estimate of drug-likeness (QED) is 0.300. The second-order valence-electron chi connectivity index (χ2n) is 7.26. The third kappa shape index (κ3) is 8.77. The number of hydrogen-bond donors (Lipinski definition) is 1. The van der Waals surface area contributed by atoms with Crippen LogP contribution in [0.4, 0.5) is 0 Å². The van der Waals surface area contributed by atoms with Gasteiger partial charge in [-0.05, 0) is 12.1 Å². The third-order valence-electron chi connectivity index (χ3n) is 4.24. The zero-order valence-corrected chi connectivity index (χ0v) is 21.7. The van der Waals surface area contributed by atoms with Gasteiger partial charge in [-0.15, -0.1) is 0 Å². The van der Waals surface area contributed by atoms with Crippen LogP contribution in [0.1, 0.15) is 0 Å². The average molecular weight is 568 g/mol. The molecule has 1 heterocycles. The van der Waals surface area contributed by atoms with Crippen molar-refractivity contribution in [2.45, 2.75) is 35.5 Å². The van der Waals surface area contributed by atoms with E-state index >= 15 is 0 Å². The highest BCUT2D eigenvalue weighted by Gasteiger charge is 2.52. The van der Waals surface area contributed by atoms with Gasteiger partial charge in [0.1, 0.15) is 24.4 Å². The average Bonchev–Trinajstić information content (AvgIpc) is 2.67. The summed E-state index contributed by atoms with van der Waals surface area (Å²) in [5.74, 6) is 0. The van der Waals surface area contributed by atoms with Gasteiger partial charge in [-0.3, -0.25) is 12.5 Å². The molecule has 1 N–H and O–H groups in total. The van der Waals surface area contributed by atoms with Crippen molar-refractivity contribution in [2.75, 3.05) is 32.5 Å². The van der Waals surface area contributed by atoms with Crippen LogP contribution in [0, 0.1) is 0 Å². The molecule has 0 bridgehead atoms. The third-order valence-corrected chi connectivity index (χ3v) is 7.42. The van der Waals surface area contributed by atoms with Crippen LogP contribution in [0.2, 0.25) is 0 Å². The van der Waals surface area contributed by atoms with E-state index in [9.17, 15) is 33.7 Å². The van der Waals surface area contributed by atoms with Crippen LogP contribution in [0.25, 0.3) is 0 Å². The first-order valence-electron chi connectivity index (χ1n) is 9.28. The summed E-state index contributed by atoms with van der Waals surface area (Å²) in [5, 5.41) is 0. The SMILES string of the molecule is CO[C@H]1O[C@@H](COS(C)(=O)=O)[C@@H](OS(C)(=O)=O)[C@@H](OS(C)(=O)=O)[C@H]1NS(=O)(=O)c1ccccc1. The highest BCUT2D eigenvalue weighted by molar-refractivity contribution is 7.89. The summed E-state index contributed by atoms with van der Waals surface area (Å²) in [5.41, 5.74) is 0. The van der Waals surface area contributed by atoms with E-state index in [1.165, 1.54) is 24.3 Å². The molecule has 34 heavy (non-hydrogen) atoms. The van der Waals surface area contributed by atoms with Gasteiger partial charge < -0.3 is 9.47 Å². The molecule has 1 aromatic rings. The number of ether oxygens (including phenoxy) is 2. The van der Waals surface area contributed by atoms with E-state index in [0.29, 0.717) is 12.5 Å². The van der Waals surface area contributed by atoms with Crippen molar-refractivity contribution < 1.29 is 55.7 Å². The van der Waals surface area contributed by atoms with Gasteiger partial charge in [-0.1, -0.05) is 18.2 Å². The lowest BCUT2D eigenvalue weighted by Gasteiger charge is -2.44. The van der Waals surface area contributed by atoms with Crippen LogP contribution in [-0.2, 0) is 62.4 Å². The highest BCUT2D eigenvalue weighted by Crippen LogP contribution is 2.30. The summed E-state index contributed by atoms with van der Waals surface area (Å²) in [6.45, 7) is -0.819. The molecule has 1 fully saturated rings. The van der Waals surface area contributed by atoms with Crippen molar-refractivity contribution >= 4 is 40.4 Å². The number of methoxy groups -OCH3 is 1. The Balaban J connectivity index is 2.57. The van der Waals surface area contributed by atoms with E-state index in [2.05, 4.69) is 8.91 Å². The Morgan fingerprint density at radius 1 is 0.824 bits per heavy atom. The minimum absolute atomic E-state index is 0.203. The number of hydrogen-bond acceptors (Lipinski definition) is 13. The number of rotatable bonds is 11. The molecule has 1 aliphatic heterocycles. The van der Waals surface area contributed by atoms with Gasteiger partial charge in [0.05, 0.1) is 30.3 Å². The maximum atomic E-state index is 12.9. The topological polar surface area (TPSA) is 195 Å². The molecule has 0 unspecified atom stereocenters. The number of benzene rings is 1. The lowest BCUT2D eigenvalue weighted by atomic mass is 9.98. The molecule has 0 spiro atoms. The maximum Gasteiger partial charge on any atom is 0.264 e. The van der Waals surface area contributed by atoms with Crippen LogP contribution in [0.3, 0.4) is 0 Å². The normalized spacial score (nSPS) is 26.9. The second kappa shape index (κ2) is 10.8. The Hall–Kier alpha value is -1.22. The summed E-state index contributed by atoms with van der Waals surface area (Å²) in [6.07, 6.45) is -4.87. The molecule has 0 radical (unpaired) electrons. The van der Waals surface area contributed by atoms with Crippen LogP contribution < -0.4 is 4.72 Å². The fourth-order valence-corrected chi connectivity index (χ4v) is 5.94. The molecule has 2 rings (SSSR count). The molecule has 0 aliphatic carbocycles. The molecule has 1 aliphatic rings. The Morgan fingerprint density at radius 2 is 1.35 bits per heavy atom. The van der Waals surface area contributed by atoms with Crippen molar-refractivity contribution in [1.82, 2.24) is 4.72 Å². The molecule has 0 amide bonds. The monoisotopic (exact) mass is 567 g/mol. The fourth-order valence-electron chi connectivity index (χ4n) is 3.04. The molecule has 18 heteroatoms. The van der Waals surface area contributed by atoms with Gasteiger partial charge >= 0.3 is 0 Å². The van der Waals surface area contributed by atoms with E-state index < -0.39 is 77.6 Å². The standard InChI is InChI=1S/C16H25NO13S4/c1-26-16-13(17-34(24,25)11-8-6-5-7-9-11)15(30-33(4,22)23)14(29-32(3,20)21)12(28-16)10-27-31(2,18)19/h5-9,12-17H,10H2,1-4H3/t12-,13+,14+,15-,16-/m0/s1. The van der Waals surface area contributed by atoms with Crippen molar-refractivity contribution in [3.05, 3.63) is 30.3 Å². The Kier molecular flexibility index (Phi) is 9.22. The smallest absolute Gasteiger partial charge is 0.264 e. The van der Waals surface area contributed by atoms with E-state index in [-0.39, 0.29) is 4.90 Å². The van der Waals surface area contributed by atoms with E-state index in [1.807, 2.05) is 0 Å². The summed E-state index contributed by atoms with van der Waals surface area (Å²) in [6, 6.07) is 5.31. The van der Waals surface area contributed by atoms with Gasteiger partial charge in [-0.25, -0.2) is 13.1 Å². The first-order chi connectivity index (χ1) is 15.4. The van der Waals surface area contributed by atoms with E-state index in [1.54, 1.807) is 6.07 Å². The predicted octanol–water partition coefficient (Wildman–Crippen LogP) is -1.63. The molecule has 0 aromatic heterocycles. The van der Waals surface area contributed by atoms with Crippen molar-refractivity contribution in [2.24, 2.45) is 0 Å². The lowest BCUT2D eigenvalue weighted by molar-refractivity contribution is -0.248. The maximum absolute atomic E-state index is 12.9. The predicted molar refractivity (Wildman–Crippen MR) is 116 cm³/mol. The summed E-state index contributed by atoms with van der Waals surface area (Å²) in [4.78, 5) is -0.203. The molecule has 1 aromatic carbocycles. The zero-order chi connectivity index (χ0) is 25.9. The van der Waals surface area contributed by atoms with Crippen LogP contribution >= 0.6 is 0 Å². The molecular formula is C16H25NO13S4. The summed E-state index contributed by atoms with van der Waals surface area (Å²) in [7, 11) is -15.9. The summed E-state index contributed by atoms with van der Waals surface area (Å²) >= 11 is 0. The van der Waals surface area contributed by atoms with E-state index in [4.69, 9.17) is 17.8 Å². The van der Waals surface area contributed by atoms with Gasteiger partial charge in [0.2, 0.25) is 10.0 Å². The van der Waals surface area contributed by atoms with Crippen molar-refractivity contribution in [3.8, 4) is 0 Å². The second-order valence-corrected chi connectivity index (χ2v) is 13.8. The van der Waals surface area contributed by atoms with Gasteiger partial charge in [0.25, 0.3) is 30.4 Å². The van der Waals surface area contributed by atoms with Gasteiger partial charge in [-0.2, -0.15) is 25.3 Å². The summed E-state index contributed by atoms with van der Waals surface area (Å²) < 4.78 is 124. The van der Waals surface area contributed by atoms with E-state index in [0.717, 1.165) is 13.4 Å². The van der Waals surface area contributed by atoms with Crippen LogP contribution in [0.5, 0.6) is 0 Å². The molecular weight excluding hydrogens is 542 g/mol. The molecule has 196 valence electrons. The van der Waals surface area contributed by atoms with Crippen molar-refractivity contribution in [1.29, 1.82) is 0 Å². The Morgan fingerprint density at radius 3 is 1.82 bits per heavy atom. The Bertz CT molecular complexity index is 1260. The first kappa shape index (κ1) is 29.0.